The summed E-state index contributed by atoms with van der Waals surface area (Å²) in [4.78, 5) is 23.7. The van der Waals surface area contributed by atoms with E-state index >= 15 is 0 Å². The summed E-state index contributed by atoms with van der Waals surface area (Å²) in [5.74, 6) is -0.750. The van der Waals surface area contributed by atoms with Crippen molar-refractivity contribution in [2.75, 3.05) is 13.6 Å². The van der Waals surface area contributed by atoms with Gasteiger partial charge in [-0.25, -0.2) is 9.59 Å². The third-order valence-electron chi connectivity index (χ3n) is 2.12. The van der Waals surface area contributed by atoms with Crippen LogP contribution in [0.25, 0.3) is 0 Å². The second-order valence-corrected chi connectivity index (χ2v) is 3.98. The molecule has 0 radical (unpaired) electrons. The fourth-order valence-electron chi connectivity index (χ4n) is 1.10. The van der Waals surface area contributed by atoms with Crippen LogP contribution in [0.1, 0.15) is 27.2 Å². The summed E-state index contributed by atoms with van der Waals surface area (Å²) in [6, 6.07) is -1.14. The van der Waals surface area contributed by atoms with Gasteiger partial charge < -0.3 is 15.3 Å². The number of rotatable bonds is 5. The summed E-state index contributed by atoms with van der Waals surface area (Å²) < 4.78 is 0. The number of amides is 2. The van der Waals surface area contributed by atoms with E-state index in [1.807, 2.05) is 20.8 Å². The number of aliphatic carboxylic acids is 1. The van der Waals surface area contributed by atoms with E-state index in [0.29, 0.717) is 13.0 Å². The largest absolute Gasteiger partial charge is 0.480 e. The van der Waals surface area contributed by atoms with Crippen LogP contribution in [0.5, 0.6) is 0 Å². The fraction of sp³-hybridized carbons (Fsp3) is 0.800. The molecule has 0 aromatic carbocycles. The summed E-state index contributed by atoms with van der Waals surface area (Å²) >= 11 is 0. The standard InChI is InChI=1S/C10H20N2O3/c1-5-12(4)10(15)11-8(9(13)14)6-7(2)3/h7-8H,5-6H2,1-4H3,(H,11,15)(H,13,14). The number of nitrogens with zero attached hydrogens (tertiary/aromatic N) is 1. The normalized spacial score (nSPS) is 12.3. The minimum absolute atomic E-state index is 0.235. The monoisotopic (exact) mass is 216 g/mol. The van der Waals surface area contributed by atoms with Crippen LogP contribution in [-0.4, -0.2) is 41.6 Å². The maximum Gasteiger partial charge on any atom is 0.326 e. The van der Waals surface area contributed by atoms with Gasteiger partial charge in [-0.05, 0) is 19.3 Å². The molecule has 2 amide bonds. The van der Waals surface area contributed by atoms with Gasteiger partial charge in [0, 0.05) is 13.6 Å². The number of carboxylic acid groups (broad SMARTS) is 1. The summed E-state index contributed by atoms with van der Waals surface area (Å²) in [7, 11) is 1.63. The minimum Gasteiger partial charge on any atom is -0.480 e. The van der Waals surface area contributed by atoms with E-state index in [2.05, 4.69) is 5.32 Å². The highest BCUT2D eigenvalue weighted by molar-refractivity contribution is 5.82. The minimum atomic E-state index is -0.985. The molecule has 0 aliphatic heterocycles. The Labute approximate surface area is 90.5 Å². The molecule has 88 valence electrons. The maximum atomic E-state index is 11.4. The lowest BCUT2D eigenvalue weighted by atomic mass is 10.0. The molecule has 0 saturated heterocycles. The highest BCUT2D eigenvalue weighted by Gasteiger charge is 2.21. The third-order valence-corrected chi connectivity index (χ3v) is 2.12. The molecule has 0 spiro atoms. The molecule has 15 heavy (non-hydrogen) atoms. The molecule has 1 unspecified atom stereocenters. The Hall–Kier alpha value is -1.26. The first-order valence-corrected chi connectivity index (χ1v) is 5.12. The number of carbonyl (C=O) groups is 2. The van der Waals surface area contributed by atoms with Gasteiger partial charge in [0.15, 0.2) is 0 Å². The second kappa shape index (κ2) is 6.27. The molecule has 0 bridgehead atoms. The van der Waals surface area contributed by atoms with Crippen molar-refractivity contribution in [2.24, 2.45) is 5.92 Å². The van der Waals surface area contributed by atoms with Crippen LogP contribution in [0.15, 0.2) is 0 Å². The highest BCUT2D eigenvalue weighted by Crippen LogP contribution is 2.05. The zero-order valence-corrected chi connectivity index (χ0v) is 9.78. The molecular weight excluding hydrogens is 196 g/mol. The summed E-state index contributed by atoms with van der Waals surface area (Å²) in [6.07, 6.45) is 0.443. The Kier molecular flexibility index (Phi) is 5.74. The van der Waals surface area contributed by atoms with Gasteiger partial charge in [-0.15, -0.1) is 0 Å². The van der Waals surface area contributed by atoms with E-state index in [4.69, 9.17) is 5.11 Å². The van der Waals surface area contributed by atoms with Crippen LogP contribution in [0.3, 0.4) is 0 Å². The summed E-state index contributed by atoms with van der Waals surface area (Å²) in [6.45, 7) is 6.23. The molecule has 5 nitrogen and oxygen atoms in total. The number of carbonyl (C=O) groups excluding carboxylic acids is 1. The van der Waals surface area contributed by atoms with Gasteiger partial charge in [0.25, 0.3) is 0 Å². The average molecular weight is 216 g/mol. The lowest BCUT2D eigenvalue weighted by molar-refractivity contribution is -0.139. The van der Waals surface area contributed by atoms with Crippen LogP contribution in [0, 0.1) is 5.92 Å². The van der Waals surface area contributed by atoms with Crippen molar-refractivity contribution in [2.45, 2.75) is 33.2 Å². The van der Waals surface area contributed by atoms with Gasteiger partial charge in [-0.2, -0.15) is 0 Å². The average Bonchev–Trinajstić information content (AvgIpc) is 2.14. The quantitative estimate of drug-likeness (QED) is 0.724. The van der Waals surface area contributed by atoms with Gasteiger partial charge in [0.2, 0.25) is 0 Å². The topological polar surface area (TPSA) is 69.6 Å². The van der Waals surface area contributed by atoms with Crippen LogP contribution in [-0.2, 0) is 4.79 Å². The molecule has 0 aromatic rings. The highest BCUT2D eigenvalue weighted by atomic mass is 16.4. The molecule has 0 fully saturated rings. The molecule has 2 N–H and O–H groups in total. The zero-order chi connectivity index (χ0) is 12.0. The molecule has 0 heterocycles. The van der Waals surface area contributed by atoms with Crippen molar-refractivity contribution >= 4 is 12.0 Å². The summed E-state index contributed by atoms with van der Waals surface area (Å²) in [5, 5.41) is 11.4. The number of nitrogens with one attached hydrogen (secondary N) is 1. The predicted molar refractivity (Wildman–Crippen MR) is 57.7 cm³/mol. The van der Waals surface area contributed by atoms with Crippen LogP contribution >= 0.6 is 0 Å². The lowest BCUT2D eigenvalue weighted by Gasteiger charge is -2.21. The van der Waals surface area contributed by atoms with Gasteiger partial charge in [-0.3, -0.25) is 0 Å². The van der Waals surface area contributed by atoms with E-state index in [0.717, 1.165) is 0 Å². The van der Waals surface area contributed by atoms with E-state index in [1.54, 1.807) is 7.05 Å². The second-order valence-electron chi connectivity index (χ2n) is 3.98. The first-order chi connectivity index (χ1) is 6.88. The fourth-order valence-corrected chi connectivity index (χ4v) is 1.10. The summed E-state index contributed by atoms with van der Waals surface area (Å²) in [5.41, 5.74) is 0. The Morgan fingerprint density at radius 2 is 1.93 bits per heavy atom. The number of hydrogen-bond acceptors (Lipinski definition) is 2. The molecule has 5 heteroatoms. The first kappa shape index (κ1) is 13.7. The van der Waals surface area contributed by atoms with Crippen molar-refractivity contribution in [3.05, 3.63) is 0 Å². The van der Waals surface area contributed by atoms with Crippen LogP contribution in [0.4, 0.5) is 4.79 Å². The SMILES string of the molecule is CCN(C)C(=O)NC(CC(C)C)C(=O)O. The third kappa shape index (κ3) is 5.24. The van der Waals surface area contributed by atoms with Gasteiger partial charge >= 0.3 is 12.0 Å². The Bertz CT molecular complexity index is 229. The van der Waals surface area contributed by atoms with E-state index in [-0.39, 0.29) is 11.9 Å². The van der Waals surface area contributed by atoms with E-state index in [9.17, 15) is 9.59 Å². The van der Waals surface area contributed by atoms with Crippen molar-refractivity contribution in [1.29, 1.82) is 0 Å². The molecule has 1 atom stereocenters. The zero-order valence-electron chi connectivity index (χ0n) is 9.78. The number of carboxylic acids is 1. The maximum absolute atomic E-state index is 11.4. The lowest BCUT2D eigenvalue weighted by Crippen LogP contribution is -2.47. The molecule has 0 aromatic heterocycles. The van der Waals surface area contributed by atoms with Crippen LogP contribution in [0.2, 0.25) is 0 Å². The smallest absolute Gasteiger partial charge is 0.326 e. The Balaban J connectivity index is 4.29. The van der Waals surface area contributed by atoms with E-state index < -0.39 is 12.0 Å². The van der Waals surface area contributed by atoms with Crippen molar-refractivity contribution < 1.29 is 14.7 Å². The van der Waals surface area contributed by atoms with Gasteiger partial charge in [-0.1, -0.05) is 13.8 Å². The predicted octanol–water partition coefficient (Wildman–Crippen LogP) is 1.15. The molecule has 0 saturated carbocycles. The molecule has 0 rings (SSSR count). The van der Waals surface area contributed by atoms with E-state index in [1.165, 1.54) is 4.90 Å². The Morgan fingerprint density at radius 3 is 2.27 bits per heavy atom. The number of hydrogen-bond donors (Lipinski definition) is 2. The number of urea groups is 1. The van der Waals surface area contributed by atoms with Crippen molar-refractivity contribution in [3.63, 3.8) is 0 Å². The van der Waals surface area contributed by atoms with Crippen LogP contribution < -0.4 is 5.32 Å². The Morgan fingerprint density at radius 1 is 1.40 bits per heavy atom. The van der Waals surface area contributed by atoms with Gasteiger partial charge in [0.05, 0.1) is 0 Å². The molecular formula is C10H20N2O3. The molecule has 0 aliphatic rings. The van der Waals surface area contributed by atoms with Gasteiger partial charge in [0.1, 0.15) is 6.04 Å². The molecule has 0 aliphatic carbocycles. The van der Waals surface area contributed by atoms with Crippen molar-refractivity contribution in [1.82, 2.24) is 10.2 Å². The first-order valence-electron chi connectivity index (χ1n) is 5.12. The van der Waals surface area contributed by atoms with Crippen molar-refractivity contribution in [3.8, 4) is 0 Å².